The third kappa shape index (κ3) is 4.70. The second kappa shape index (κ2) is 10.1. The van der Waals surface area contributed by atoms with Gasteiger partial charge in [-0.25, -0.2) is 0 Å². The van der Waals surface area contributed by atoms with Gasteiger partial charge in [-0.05, 0) is 48.4 Å². The third-order valence-corrected chi connectivity index (χ3v) is 7.68. The number of hydrogen-bond acceptors (Lipinski definition) is 4. The Morgan fingerprint density at radius 2 is 1.88 bits per heavy atom. The summed E-state index contributed by atoms with van der Waals surface area (Å²) < 4.78 is 5.77. The Morgan fingerprint density at radius 1 is 1.12 bits per heavy atom. The summed E-state index contributed by atoms with van der Waals surface area (Å²) in [5, 5.41) is 6.72. The molecule has 3 unspecified atom stereocenters. The van der Waals surface area contributed by atoms with Gasteiger partial charge < -0.3 is 15.4 Å². The van der Waals surface area contributed by atoms with Gasteiger partial charge in [0.1, 0.15) is 6.04 Å². The fourth-order valence-corrected chi connectivity index (χ4v) is 5.91. The first kappa shape index (κ1) is 22.8. The molecular formula is C26H31BrN2O3. The van der Waals surface area contributed by atoms with Crippen molar-refractivity contribution in [2.45, 2.75) is 63.5 Å². The number of hydrogen-bond donors (Lipinski definition) is 2. The molecule has 2 aromatic carbocycles. The van der Waals surface area contributed by atoms with Crippen molar-refractivity contribution in [2.75, 3.05) is 12.4 Å². The normalized spacial score (nSPS) is 21.3. The molecule has 0 aromatic heterocycles. The van der Waals surface area contributed by atoms with E-state index in [9.17, 15) is 9.59 Å². The number of para-hydroxylation sites is 1. The first-order valence-electron chi connectivity index (χ1n) is 11.5. The average Bonchev–Trinajstić information content (AvgIpc) is 3.20. The molecule has 2 aromatic rings. The number of rotatable bonds is 6. The molecule has 3 atom stereocenters. The van der Waals surface area contributed by atoms with Crippen LogP contribution >= 0.6 is 15.9 Å². The van der Waals surface area contributed by atoms with E-state index in [-0.39, 0.29) is 30.3 Å². The summed E-state index contributed by atoms with van der Waals surface area (Å²) in [6.45, 7) is 2.09. The largest absolute Gasteiger partial charge is 0.469 e. The van der Waals surface area contributed by atoms with Crippen LogP contribution in [-0.4, -0.2) is 25.0 Å². The van der Waals surface area contributed by atoms with Crippen LogP contribution in [0.4, 0.5) is 5.69 Å². The second-order valence-corrected chi connectivity index (χ2v) is 9.80. The highest BCUT2D eigenvalue weighted by atomic mass is 79.9. The van der Waals surface area contributed by atoms with Gasteiger partial charge in [0, 0.05) is 16.1 Å². The Kier molecular flexibility index (Phi) is 7.19. The van der Waals surface area contributed by atoms with Gasteiger partial charge in [0.2, 0.25) is 5.91 Å². The quantitative estimate of drug-likeness (QED) is 0.505. The van der Waals surface area contributed by atoms with Crippen LogP contribution in [0.2, 0.25) is 0 Å². The topological polar surface area (TPSA) is 67.4 Å². The number of benzene rings is 2. The molecule has 32 heavy (non-hydrogen) atoms. The molecule has 5 nitrogen and oxygen atoms in total. The molecule has 1 aliphatic carbocycles. The Labute approximate surface area is 198 Å². The lowest BCUT2D eigenvalue weighted by molar-refractivity contribution is -0.141. The summed E-state index contributed by atoms with van der Waals surface area (Å²) in [6, 6.07) is 13.2. The summed E-state index contributed by atoms with van der Waals surface area (Å²) in [6.07, 6.45) is 6.10. The van der Waals surface area contributed by atoms with Crippen molar-refractivity contribution in [2.24, 2.45) is 5.92 Å². The van der Waals surface area contributed by atoms with Gasteiger partial charge in [0.05, 0.1) is 19.6 Å². The Bertz CT molecular complexity index is 987. The number of halogens is 1. The number of anilines is 1. The molecule has 6 heteroatoms. The maximum absolute atomic E-state index is 13.7. The number of methoxy groups -OCH3 is 1. The minimum Gasteiger partial charge on any atom is -0.469 e. The number of fused-ring (bicyclic) bond motifs is 1. The highest BCUT2D eigenvalue weighted by molar-refractivity contribution is 9.10. The van der Waals surface area contributed by atoms with Gasteiger partial charge in [-0.3, -0.25) is 9.59 Å². The SMILES string of the molecule is COC(=O)CC(NC(=O)C1Nc2c(C)cccc2C1C1CCCCC1)c1ccccc1Br. The van der Waals surface area contributed by atoms with Gasteiger partial charge in [0.15, 0.2) is 0 Å². The third-order valence-electron chi connectivity index (χ3n) is 6.96. The molecule has 170 valence electrons. The minimum absolute atomic E-state index is 0.0687. The molecule has 0 spiro atoms. The Hall–Kier alpha value is -2.34. The molecule has 0 saturated heterocycles. The van der Waals surface area contributed by atoms with Gasteiger partial charge in [-0.15, -0.1) is 0 Å². The standard InChI is InChI=1S/C26H31BrN2O3/c1-16-9-8-13-19-23(17-10-4-3-5-11-17)25(29-24(16)19)26(31)28-21(15-22(30)32-2)18-12-6-7-14-20(18)27/h6-9,12-14,17,21,23,25,29H,3-5,10-11,15H2,1-2H3,(H,28,31). The molecule has 1 heterocycles. The van der Waals surface area contributed by atoms with Gasteiger partial charge >= 0.3 is 5.97 Å². The fraction of sp³-hybridized carbons (Fsp3) is 0.462. The zero-order valence-corrected chi connectivity index (χ0v) is 20.3. The number of nitrogens with one attached hydrogen (secondary N) is 2. The summed E-state index contributed by atoms with van der Waals surface area (Å²) >= 11 is 3.57. The maximum Gasteiger partial charge on any atom is 0.307 e. The van der Waals surface area contributed by atoms with E-state index >= 15 is 0 Å². The predicted molar refractivity (Wildman–Crippen MR) is 130 cm³/mol. The zero-order valence-electron chi connectivity index (χ0n) is 18.7. The van der Waals surface area contributed by atoms with Crippen LogP contribution in [0.3, 0.4) is 0 Å². The van der Waals surface area contributed by atoms with Gasteiger partial charge in [0.25, 0.3) is 0 Å². The van der Waals surface area contributed by atoms with Crippen LogP contribution < -0.4 is 10.6 Å². The van der Waals surface area contributed by atoms with Crippen molar-refractivity contribution in [1.82, 2.24) is 5.32 Å². The van der Waals surface area contributed by atoms with E-state index in [4.69, 9.17) is 4.74 Å². The van der Waals surface area contributed by atoms with Crippen molar-refractivity contribution in [3.05, 3.63) is 63.6 Å². The number of aryl methyl sites for hydroxylation is 1. The molecular weight excluding hydrogens is 468 g/mol. The van der Waals surface area contributed by atoms with Crippen LogP contribution in [0.25, 0.3) is 0 Å². The lowest BCUT2D eigenvalue weighted by atomic mass is 9.74. The van der Waals surface area contributed by atoms with Crippen LogP contribution in [0.5, 0.6) is 0 Å². The minimum atomic E-state index is -0.468. The first-order valence-corrected chi connectivity index (χ1v) is 12.3. The van der Waals surface area contributed by atoms with Crippen LogP contribution in [0, 0.1) is 12.8 Å². The van der Waals surface area contributed by atoms with Gasteiger partial charge in [-0.2, -0.15) is 0 Å². The molecule has 2 aliphatic rings. The van der Waals surface area contributed by atoms with Crippen LogP contribution in [0.1, 0.15) is 67.2 Å². The van der Waals surface area contributed by atoms with Crippen LogP contribution in [-0.2, 0) is 14.3 Å². The molecule has 2 N–H and O–H groups in total. The highest BCUT2D eigenvalue weighted by Crippen LogP contribution is 2.47. The summed E-state index contributed by atoms with van der Waals surface area (Å²) in [5.74, 6) is 0.204. The van der Waals surface area contributed by atoms with E-state index in [0.717, 1.165) is 34.1 Å². The molecule has 0 radical (unpaired) electrons. The number of esters is 1. The van der Waals surface area contributed by atoms with Gasteiger partial charge in [-0.1, -0.05) is 71.6 Å². The highest BCUT2D eigenvalue weighted by Gasteiger charge is 2.42. The molecule has 4 rings (SSSR count). The van der Waals surface area contributed by atoms with Crippen LogP contribution in [0.15, 0.2) is 46.9 Å². The molecule has 0 bridgehead atoms. The zero-order chi connectivity index (χ0) is 22.7. The van der Waals surface area contributed by atoms with E-state index in [0.29, 0.717) is 5.92 Å². The Balaban J connectivity index is 1.62. The van der Waals surface area contributed by atoms with Crippen molar-refractivity contribution < 1.29 is 14.3 Å². The monoisotopic (exact) mass is 498 g/mol. The van der Waals surface area contributed by atoms with Crippen molar-refractivity contribution >= 4 is 33.5 Å². The maximum atomic E-state index is 13.7. The average molecular weight is 499 g/mol. The lowest BCUT2D eigenvalue weighted by Crippen LogP contribution is -2.44. The summed E-state index contributed by atoms with van der Waals surface area (Å²) in [7, 11) is 1.37. The van der Waals surface area contributed by atoms with Crippen molar-refractivity contribution in [3.63, 3.8) is 0 Å². The molecule has 1 aliphatic heterocycles. The van der Waals surface area contributed by atoms with Crippen molar-refractivity contribution in [1.29, 1.82) is 0 Å². The van der Waals surface area contributed by atoms with E-state index in [1.54, 1.807) is 0 Å². The number of carbonyl (C=O) groups is 2. The second-order valence-electron chi connectivity index (χ2n) is 8.95. The van der Waals surface area contributed by atoms with E-state index in [1.165, 1.54) is 31.9 Å². The number of carbonyl (C=O) groups excluding carboxylic acids is 2. The van der Waals surface area contributed by atoms with E-state index in [2.05, 4.69) is 51.7 Å². The number of ether oxygens (including phenoxy) is 1. The summed E-state index contributed by atoms with van der Waals surface area (Å²) in [4.78, 5) is 25.8. The molecule has 1 amide bonds. The predicted octanol–water partition coefficient (Wildman–Crippen LogP) is 5.64. The number of amides is 1. The summed E-state index contributed by atoms with van der Waals surface area (Å²) in [5.41, 5.74) is 4.37. The molecule has 1 fully saturated rings. The van der Waals surface area contributed by atoms with E-state index in [1.807, 2.05) is 24.3 Å². The smallest absolute Gasteiger partial charge is 0.307 e. The molecule has 1 saturated carbocycles. The lowest BCUT2D eigenvalue weighted by Gasteiger charge is -2.32. The Morgan fingerprint density at radius 3 is 2.59 bits per heavy atom. The van der Waals surface area contributed by atoms with E-state index < -0.39 is 6.04 Å². The van der Waals surface area contributed by atoms with Crippen molar-refractivity contribution in [3.8, 4) is 0 Å². The fourth-order valence-electron chi connectivity index (χ4n) is 5.35. The first-order chi connectivity index (χ1) is 15.5.